The molecule has 30 heavy (non-hydrogen) atoms. The molecule has 0 atom stereocenters. The highest BCUT2D eigenvalue weighted by atomic mass is 16.1. The maximum Gasteiger partial charge on any atom is 0.251 e. The molecule has 1 aliphatic rings. The first kappa shape index (κ1) is 20.3. The fourth-order valence-corrected chi connectivity index (χ4v) is 4.16. The zero-order valence-corrected chi connectivity index (χ0v) is 17.8. The fraction of sp³-hybridized carbons (Fsp3) is 0.346. The molecule has 0 spiro atoms. The standard InChI is InChI=1S/C26H29N3O/c1-18-8-10-22(11-9-18)24-12-23(21-6-4-3-5-7-21)13-25(14-24)26(30)29-17-20-15-27-19(2)28-16-20/h8-16,21H,3-7,17H2,1-2H3,(H,29,30). The number of rotatable bonds is 5. The van der Waals surface area contributed by atoms with Crippen molar-refractivity contribution in [3.05, 3.63) is 82.9 Å². The summed E-state index contributed by atoms with van der Waals surface area (Å²) in [6.45, 7) is 4.37. The highest BCUT2D eigenvalue weighted by Crippen LogP contribution is 2.35. The van der Waals surface area contributed by atoms with E-state index >= 15 is 0 Å². The number of hydrogen-bond acceptors (Lipinski definition) is 3. The summed E-state index contributed by atoms with van der Waals surface area (Å²) in [5.41, 5.74) is 6.41. The van der Waals surface area contributed by atoms with Gasteiger partial charge in [0, 0.05) is 30.1 Å². The van der Waals surface area contributed by atoms with Crippen LogP contribution >= 0.6 is 0 Å². The second kappa shape index (κ2) is 9.21. The molecule has 1 aromatic heterocycles. The number of carbonyl (C=O) groups is 1. The van der Waals surface area contributed by atoms with E-state index in [0.29, 0.717) is 12.5 Å². The quantitative estimate of drug-likeness (QED) is 0.595. The van der Waals surface area contributed by atoms with Gasteiger partial charge in [0.2, 0.25) is 0 Å². The Bertz CT molecular complexity index is 1000. The molecule has 1 amide bonds. The van der Waals surface area contributed by atoms with Gasteiger partial charge < -0.3 is 5.32 Å². The predicted molar refractivity (Wildman–Crippen MR) is 120 cm³/mol. The second-order valence-electron chi connectivity index (χ2n) is 8.37. The van der Waals surface area contributed by atoms with E-state index in [1.165, 1.54) is 43.2 Å². The average Bonchev–Trinajstić information content (AvgIpc) is 2.79. The lowest BCUT2D eigenvalue weighted by Gasteiger charge is -2.23. The van der Waals surface area contributed by atoms with Crippen LogP contribution in [0, 0.1) is 13.8 Å². The first-order valence-corrected chi connectivity index (χ1v) is 10.9. The second-order valence-corrected chi connectivity index (χ2v) is 8.37. The molecule has 4 rings (SSSR count). The Morgan fingerprint density at radius 1 is 0.933 bits per heavy atom. The summed E-state index contributed by atoms with van der Waals surface area (Å²) in [6, 6.07) is 14.9. The summed E-state index contributed by atoms with van der Waals surface area (Å²) >= 11 is 0. The number of aromatic nitrogens is 2. The molecule has 2 aromatic carbocycles. The third kappa shape index (κ3) is 4.93. The van der Waals surface area contributed by atoms with Gasteiger partial charge in [-0.3, -0.25) is 4.79 Å². The third-order valence-electron chi connectivity index (χ3n) is 5.97. The summed E-state index contributed by atoms with van der Waals surface area (Å²) in [7, 11) is 0. The van der Waals surface area contributed by atoms with Crippen molar-refractivity contribution in [1.82, 2.24) is 15.3 Å². The first-order chi connectivity index (χ1) is 14.6. The van der Waals surface area contributed by atoms with Crippen molar-refractivity contribution in [1.29, 1.82) is 0 Å². The molecule has 4 heteroatoms. The minimum atomic E-state index is -0.0541. The minimum Gasteiger partial charge on any atom is -0.348 e. The Morgan fingerprint density at radius 3 is 2.33 bits per heavy atom. The minimum absolute atomic E-state index is 0.0541. The van der Waals surface area contributed by atoms with Gasteiger partial charge in [-0.2, -0.15) is 0 Å². The van der Waals surface area contributed by atoms with Crippen LogP contribution in [0.5, 0.6) is 0 Å². The molecule has 1 saturated carbocycles. The monoisotopic (exact) mass is 399 g/mol. The highest BCUT2D eigenvalue weighted by Gasteiger charge is 2.19. The van der Waals surface area contributed by atoms with Crippen LogP contribution in [-0.2, 0) is 6.54 Å². The smallest absolute Gasteiger partial charge is 0.251 e. The Morgan fingerprint density at radius 2 is 1.63 bits per heavy atom. The molecule has 0 bridgehead atoms. The molecule has 1 fully saturated rings. The van der Waals surface area contributed by atoms with Crippen LogP contribution in [0.25, 0.3) is 11.1 Å². The van der Waals surface area contributed by atoms with Crippen molar-refractivity contribution >= 4 is 5.91 Å². The zero-order valence-electron chi connectivity index (χ0n) is 17.8. The number of aryl methyl sites for hydroxylation is 2. The van der Waals surface area contributed by atoms with Crippen molar-refractivity contribution in [2.75, 3.05) is 0 Å². The molecule has 4 nitrogen and oxygen atoms in total. The van der Waals surface area contributed by atoms with Gasteiger partial charge in [-0.1, -0.05) is 55.2 Å². The molecule has 154 valence electrons. The normalized spacial score (nSPS) is 14.5. The van der Waals surface area contributed by atoms with E-state index in [1.54, 1.807) is 12.4 Å². The van der Waals surface area contributed by atoms with Crippen molar-refractivity contribution in [2.45, 2.75) is 58.4 Å². The summed E-state index contributed by atoms with van der Waals surface area (Å²) < 4.78 is 0. The van der Waals surface area contributed by atoms with E-state index in [4.69, 9.17) is 0 Å². The van der Waals surface area contributed by atoms with Crippen LogP contribution in [0.4, 0.5) is 0 Å². The molecule has 1 heterocycles. The topological polar surface area (TPSA) is 54.9 Å². The largest absolute Gasteiger partial charge is 0.348 e. The Kier molecular flexibility index (Phi) is 6.22. The van der Waals surface area contributed by atoms with Crippen LogP contribution in [-0.4, -0.2) is 15.9 Å². The lowest BCUT2D eigenvalue weighted by molar-refractivity contribution is 0.0950. The van der Waals surface area contributed by atoms with E-state index in [0.717, 1.165) is 28.1 Å². The number of carbonyl (C=O) groups excluding carboxylic acids is 1. The molecule has 1 N–H and O–H groups in total. The van der Waals surface area contributed by atoms with E-state index < -0.39 is 0 Å². The molecule has 3 aromatic rings. The van der Waals surface area contributed by atoms with Crippen LogP contribution in [0.3, 0.4) is 0 Å². The maximum absolute atomic E-state index is 13.0. The zero-order chi connectivity index (χ0) is 20.9. The van der Waals surface area contributed by atoms with Gasteiger partial charge in [-0.05, 0) is 61.4 Å². The van der Waals surface area contributed by atoms with Gasteiger partial charge in [0.05, 0.1) is 0 Å². The van der Waals surface area contributed by atoms with E-state index in [1.807, 2.05) is 13.0 Å². The number of amides is 1. The van der Waals surface area contributed by atoms with E-state index in [-0.39, 0.29) is 5.91 Å². The average molecular weight is 400 g/mol. The van der Waals surface area contributed by atoms with Crippen molar-refractivity contribution in [3.63, 3.8) is 0 Å². The predicted octanol–water partition coefficient (Wildman–Crippen LogP) is 5.74. The summed E-state index contributed by atoms with van der Waals surface area (Å²) in [6.07, 6.45) is 9.80. The van der Waals surface area contributed by atoms with Gasteiger partial charge in [-0.15, -0.1) is 0 Å². The van der Waals surface area contributed by atoms with Crippen molar-refractivity contribution < 1.29 is 4.79 Å². The fourth-order valence-electron chi connectivity index (χ4n) is 4.16. The SMILES string of the molecule is Cc1ccc(-c2cc(C(=O)NCc3cnc(C)nc3)cc(C3CCCCC3)c2)cc1. The Hall–Kier alpha value is -3.01. The molecular formula is C26H29N3O. The first-order valence-electron chi connectivity index (χ1n) is 10.9. The molecule has 1 aliphatic carbocycles. The van der Waals surface area contributed by atoms with Gasteiger partial charge in [0.15, 0.2) is 0 Å². The van der Waals surface area contributed by atoms with Gasteiger partial charge in [0.25, 0.3) is 5.91 Å². The van der Waals surface area contributed by atoms with E-state index in [2.05, 4.69) is 58.6 Å². The lowest BCUT2D eigenvalue weighted by atomic mass is 9.82. The van der Waals surface area contributed by atoms with Crippen LogP contribution in [0.1, 0.15) is 70.9 Å². The third-order valence-corrected chi connectivity index (χ3v) is 5.97. The van der Waals surface area contributed by atoms with Crippen molar-refractivity contribution in [3.8, 4) is 11.1 Å². The molecular weight excluding hydrogens is 370 g/mol. The number of hydrogen-bond donors (Lipinski definition) is 1. The van der Waals surface area contributed by atoms with Crippen LogP contribution in [0.15, 0.2) is 54.9 Å². The number of benzene rings is 2. The summed E-state index contributed by atoms with van der Waals surface area (Å²) in [5.74, 6) is 1.22. The van der Waals surface area contributed by atoms with Gasteiger partial charge in [0.1, 0.15) is 5.82 Å². The summed E-state index contributed by atoms with van der Waals surface area (Å²) in [5, 5.41) is 3.03. The maximum atomic E-state index is 13.0. The lowest BCUT2D eigenvalue weighted by Crippen LogP contribution is -2.23. The number of nitrogens with one attached hydrogen (secondary N) is 1. The number of nitrogens with zero attached hydrogens (tertiary/aromatic N) is 2. The van der Waals surface area contributed by atoms with Crippen LogP contribution in [0.2, 0.25) is 0 Å². The van der Waals surface area contributed by atoms with Crippen molar-refractivity contribution in [2.24, 2.45) is 0 Å². The molecule has 0 aliphatic heterocycles. The summed E-state index contributed by atoms with van der Waals surface area (Å²) in [4.78, 5) is 21.4. The molecule has 0 unspecified atom stereocenters. The molecule has 0 radical (unpaired) electrons. The van der Waals surface area contributed by atoms with Gasteiger partial charge in [-0.25, -0.2) is 9.97 Å². The van der Waals surface area contributed by atoms with Crippen LogP contribution < -0.4 is 5.32 Å². The van der Waals surface area contributed by atoms with E-state index in [9.17, 15) is 4.79 Å². The van der Waals surface area contributed by atoms with Gasteiger partial charge >= 0.3 is 0 Å². The Labute approximate surface area is 178 Å². The molecule has 0 saturated heterocycles. The Balaban J connectivity index is 1.61. The highest BCUT2D eigenvalue weighted by molar-refractivity contribution is 5.95.